The molecule has 0 spiro atoms. The topological polar surface area (TPSA) is 57.7 Å². The van der Waals surface area contributed by atoms with Crippen LogP contribution >= 0.6 is 0 Å². The Hall–Kier alpha value is -3.73. The van der Waals surface area contributed by atoms with Crippen LogP contribution in [0.1, 0.15) is 65.3 Å². The smallest absolute Gasteiger partial charge is 0.246 e. The Labute approximate surface area is 223 Å². The van der Waals surface area contributed by atoms with Crippen molar-refractivity contribution in [3.8, 4) is 0 Å². The number of benzene rings is 3. The first kappa shape index (κ1) is 23.4. The van der Waals surface area contributed by atoms with Crippen molar-refractivity contribution < 1.29 is 14.4 Å². The van der Waals surface area contributed by atoms with Gasteiger partial charge in [-0.3, -0.25) is 19.3 Å². The average molecular weight is 505 g/mol. The molecule has 3 amide bonds. The third kappa shape index (κ3) is 3.48. The molecule has 8 rings (SSSR count). The van der Waals surface area contributed by atoms with Crippen LogP contribution in [-0.4, -0.2) is 46.7 Å². The minimum Gasteiger partial charge on any atom is -0.341 e. The molecule has 5 nitrogen and oxygen atoms in total. The lowest BCUT2D eigenvalue weighted by atomic mass is 9.55. The summed E-state index contributed by atoms with van der Waals surface area (Å²) >= 11 is 0. The van der Waals surface area contributed by atoms with Crippen molar-refractivity contribution in [1.29, 1.82) is 0 Å². The lowest BCUT2D eigenvalue weighted by molar-refractivity contribution is -0.151. The van der Waals surface area contributed by atoms with E-state index in [-0.39, 0.29) is 29.6 Å². The molecule has 3 aromatic rings. The summed E-state index contributed by atoms with van der Waals surface area (Å²) < 4.78 is 0. The van der Waals surface area contributed by atoms with Gasteiger partial charge in [0.05, 0.1) is 11.8 Å². The molecule has 38 heavy (non-hydrogen) atoms. The first-order chi connectivity index (χ1) is 18.6. The summed E-state index contributed by atoms with van der Waals surface area (Å²) in [6.07, 6.45) is 4.50. The maximum absolute atomic E-state index is 14.4. The van der Waals surface area contributed by atoms with Crippen molar-refractivity contribution in [3.05, 3.63) is 107 Å². The van der Waals surface area contributed by atoms with Gasteiger partial charge in [0.15, 0.2) is 0 Å². The van der Waals surface area contributed by atoms with Crippen LogP contribution in [0.5, 0.6) is 0 Å². The van der Waals surface area contributed by atoms with Crippen molar-refractivity contribution in [2.24, 2.45) is 11.8 Å². The quantitative estimate of drug-likeness (QED) is 0.476. The predicted molar refractivity (Wildman–Crippen MR) is 144 cm³/mol. The van der Waals surface area contributed by atoms with E-state index in [1.165, 1.54) is 4.90 Å². The Bertz CT molecular complexity index is 1290. The molecule has 3 aromatic carbocycles. The normalized spacial score (nSPS) is 26.4. The molecule has 0 unspecified atom stereocenters. The third-order valence-corrected chi connectivity index (χ3v) is 9.27. The zero-order chi connectivity index (χ0) is 25.8. The SMILES string of the molecule is O=C([C@H](Cc1ccccc1)N1C(=O)[C@H]2C3c4ccccc4C(c4ccccc43)[C@@H]2C1=O)N1CCCCCC1. The van der Waals surface area contributed by atoms with Gasteiger partial charge in [-0.2, -0.15) is 0 Å². The van der Waals surface area contributed by atoms with E-state index in [2.05, 4.69) is 24.3 Å². The van der Waals surface area contributed by atoms with Gasteiger partial charge < -0.3 is 4.90 Å². The number of hydrogen-bond donors (Lipinski definition) is 0. The molecule has 0 aromatic heterocycles. The molecule has 0 radical (unpaired) electrons. The van der Waals surface area contributed by atoms with Gasteiger partial charge in [-0.15, -0.1) is 0 Å². The van der Waals surface area contributed by atoms with Crippen molar-refractivity contribution in [1.82, 2.24) is 9.80 Å². The van der Waals surface area contributed by atoms with Gasteiger partial charge in [-0.1, -0.05) is 91.7 Å². The van der Waals surface area contributed by atoms with Gasteiger partial charge >= 0.3 is 0 Å². The van der Waals surface area contributed by atoms with Crippen molar-refractivity contribution in [3.63, 3.8) is 0 Å². The Balaban J connectivity index is 1.32. The molecular formula is C33H32N2O3. The molecule has 3 aliphatic carbocycles. The Morgan fingerprint density at radius 1 is 0.658 bits per heavy atom. The lowest BCUT2D eigenvalue weighted by Gasteiger charge is -2.45. The highest BCUT2D eigenvalue weighted by Gasteiger charge is 2.63. The lowest BCUT2D eigenvalue weighted by Crippen LogP contribution is -2.52. The van der Waals surface area contributed by atoms with Gasteiger partial charge in [0.25, 0.3) is 0 Å². The van der Waals surface area contributed by atoms with Crippen LogP contribution in [0.25, 0.3) is 0 Å². The number of carbonyl (C=O) groups is 3. The van der Waals surface area contributed by atoms with Crippen LogP contribution in [0, 0.1) is 11.8 Å². The van der Waals surface area contributed by atoms with Crippen molar-refractivity contribution >= 4 is 17.7 Å². The van der Waals surface area contributed by atoms with E-state index in [1.807, 2.05) is 59.5 Å². The van der Waals surface area contributed by atoms with Crippen LogP contribution in [0.2, 0.25) is 0 Å². The van der Waals surface area contributed by atoms with Crippen LogP contribution in [0.15, 0.2) is 78.9 Å². The molecule has 5 aliphatic rings. The second-order valence-corrected chi connectivity index (χ2v) is 11.3. The van der Waals surface area contributed by atoms with E-state index < -0.39 is 17.9 Å². The summed E-state index contributed by atoms with van der Waals surface area (Å²) in [6.45, 7) is 1.38. The molecule has 2 aliphatic heterocycles. The Morgan fingerprint density at radius 2 is 1.11 bits per heavy atom. The molecule has 192 valence electrons. The van der Waals surface area contributed by atoms with E-state index in [9.17, 15) is 14.4 Å². The fourth-order valence-electron chi connectivity index (χ4n) is 7.64. The van der Waals surface area contributed by atoms with Gasteiger partial charge in [0.2, 0.25) is 17.7 Å². The van der Waals surface area contributed by atoms with Gasteiger partial charge in [0, 0.05) is 31.3 Å². The second kappa shape index (κ2) is 9.23. The standard InChI is InChI=1S/C33H32N2O3/c36-31(34-18-10-1-2-11-19-34)26(20-21-12-4-3-5-13-21)35-32(37)29-27-22-14-6-7-15-23(22)28(30(29)33(35)38)25-17-9-8-16-24(25)27/h3-9,12-17,26-30H,1-2,10-11,18-20H2/t26-,27?,28?,29-,30-/m0/s1. The summed E-state index contributed by atoms with van der Waals surface area (Å²) in [5, 5.41) is 0. The predicted octanol–water partition coefficient (Wildman–Crippen LogP) is 4.89. The van der Waals surface area contributed by atoms with Crippen LogP contribution in [-0.2, 0) is 20.8 Å². The molecule has 0 saturated carbocycles. The first-order valence-electron chi connectivity index (χ1n) is 14.0. The molecule has 3 atom stereocenters. The zero-order valence-electron chi connectivity index (χ0n) is 21.5. The number of amides is 3. The van der Waals surface area contributed by atoms with Gasteiger partial charge in [-0.25, -0.2) is 0 Å². The van der Waals surface area contributed by atoms with E-state index >= 15 is 0 Å². The maximum Gasteiger partial charge on any atom is 0.246 e. The summed E-state index contributed by atoms with van der Waals surface area (Å²) in [4.78, 5) is 46.2. The number of rotatable bonds is 4. The number of likely N-dealkylation sites (tertiary alicyclic amines) is 2. The largest absolute Gasteiger partial charge is 0.341 e. The Morgan fingerprint density at radius 3 is 1.58 bits per heavy atom. The minimum atomic E-state index is -0.813. The number of imide groups is 1. The first-order valence-corrected chi connectivity index (χ1v) is 14.0. The maximum atomic E-state index is 14.4. The van der Waals surface area contributed by atoms with Crippen LogP contribution < -0.4 is 0 Å². The zero-order valence-corrected chi connectivity index (χ0v) is 21.5. The molecule has 2 bridgehead atoms. The van der Waals surface area contributed by atoms with E-state index in [1.54, 1.807) is 0 Å². The summed E-state index contributed by atoms with van der Waals surface area (Å²) in [5.41, 5.74) is 5.57. The molecule has 2 saturated heterocycles. The van der Waals surface area contributed by atoms with Crippen molar-refractivity contribution in [2.45, 2.75) is 50.0 Å². The molecule has 2 heterocycles. The monoisotopic (exact) mass is 504 g/mol. The summed E-state index contributed by atoms with van der Waals surface area (Å²) in [7, 11) is 0. The second-order valence-electron chi connectivity index (χ2n) is 11.3. The molecule has 5 heteroatoms. The third-order valence-electron chi connectivity index (χ3n) is 9.27. The van der Waals surface area contributed by atoms with E-state index in [0.29, 0.717) is 19.5 Å². The number of hydrogen-bond acceptors (Lipinski definition) is 3. The fraction of sp³-hybridized carbons (Fsp3) is 0.364. The van der Waals surface area contributed by atoms with Gasteiger partial charge in [-0.05, 0) is 40.7 Å². The van der Waals surface area contributed by atoms with Crippen LogP contribution in [0.4, 0.5) is 0 Å². The van der Waals surface area contributed by atoms with Crippen LogP contribution in [0.3, 0.4) is 0 Å². The molecule has 0 N–H and O–H groups in total. The van der Waals surface area contributed by atoms with E-state index in [4.69, 9.17) is 0 Å². The Kier molecular flexibility index (Phi) is 5.68. The minimum absolute atomic E-state index is 0.0847. The summed E-state index contributed by atoms with van der Waals surface area (Å²) in [6, 6.07) is 25.6. The fourth-order valence-corrected chi connectivity index (χ4v) is 7.64. The molecular weight excluding hydrogens is 472 g/mol. The van der Waals surface area contributed by atoms with Crippen molar-refractivity contribution in [2.75, 3.05) is 13.1 Å². The average Bonchev–Trinajstić information content (AvgIpc) is 3.12. The van der Waals surface area contributed by atoms with E-state index in [0.717, 1.165) is 53.5 Å². The number of nitrogens with zero attached hydrogens (tertiary/aromatic N) is 2. The van der Waals surface area contributed by atoms with Gasteiger partial charge in [0.1, 0.15) is 6.04 Å². The highest BCUT2D eigenvalue weighted by Crippen LogP contribution is 2.61. The number of carbonyl (C=O) groups excluding carboxylic acids is 3. The highest BCUT2D eigenvalue weighted by atomic mass is 16.2. The summed E-state index contributed by atoms with van der Waals surface area (Å²) in [5.74, 6) is -1.70. The molecule has 2 fully saturated rings. The highest BCUT2D eigenvalue weighted by molar-refractivity contribution is 6.10.